The summed E-state index contributed by atoms with van der Waals surface area (Å²) in [6.07, 6.45) is 2.24. The number of rotatable bonds is 5. The van der Waals surface area contributed by atoms with Gasteiger partial charge in [0.05, 0.1) is 23.5 Å². The van der Waals surface area contributed by atoms with Crippen molar-refractivity contribution in [3.8, 4) is 11.1 Å². The van der Waals surface area contributed by atoms with Gasteiger partial charge in [0, 0.05) is 23.3 Å². The predicted octanol–water partition coefficient (Wildman–Crippen LogP) is 7.29. The van der Waals surface area contributed by atoms with E-state index >= 15 is 0 Å². The number of anilines is 4. The molecule has 8 heteroatoms. The number of ether oxygens (including phenoxy) is 1. The first-order chi connectivity index (χ1) is 17.5. The van der Waals surface area contributed by atoms with E-state index < -0.39 is 17.6 Å². The topological polar surface area (TPSA) is 54.5 Å². The molecule has 0 aliphatic carbocycles. The van der Waals surface area contributed by atoms with Gasteiger partial charge in [-0.25, -0.2) is 18.6 Å². The van der Waals surface area contributed by atoms with Gasteiger partial charge < -0.3 is 15.0 Å². The molecule has 1 aliphatic heterocycles. The van der Waals surface area contributed by atoms with Crippen LogP contribution in [-0.2, 0) is 11.2 Å². The van der Waals surface area contributed by atoms with Crippen molar-refractivity contribution < 1.29 is 18.3 Å². The summed E-state index contributed by atoms with van der Waals surface area (Å²) in [6, 6.07) is 18.0. The van der Waals surface area contributed by atoms with Crippen LogP contribution in [0.5, 0.6) is 0 Å². The Hall–Kier alpha value is -3.97. The number of nitrogens with zero attached hydrogens (tertiary/aromatic N) is 2. The Morgan fingerprint density at radius 1 is 1.06 bits per heavy atom. The number of hydrogen-bond donors (Lipinski definition) is 1. The minimum absolute atomic E-state index is 0.122. The molecule has 4 aromatic rings. The molecule has 36 heavy (non-hydrogen) atoms. The molecule has 1 aromatic heterocycles. The summed E-state index contributed by atoms with van der Waals surface area (Å²) in [4.78, 5) is 18.6. The first kappa shape index (κ1) is 23.8. The summed E-state index contributed by atoms with van der Waals surface area (Å²) in [6.45, 7) is 2.35. The van der Waals surface area contributed by atoms with Crippen molar-refractivity contribution in [2.24, 2.45) is 0 Å². The molecular weight excluding hydrogens is 484 g/mol. The number of esters is 1. The molecule has 0 saturated heterocycles. The van der Waals surface area contributed by atoms with Crippen LogP contribution in [0.3, 0.4) is 0 Å². The second-order valence-corrected chi connectivity index (χ2v) is 8.69. The fourth-order valence-electron chi connectivity index (χ4n) is 4.41. The zero-order chi connectivity index (χ0) is 25.2. The Morgan fingerprint density at radius 2 is 1.83 bits per heavy atom. The van der Waals surface area contributed by atoms with Crippen LogP contribution in [0, 0.1) is 11.6 Å². The Kier molecular flexibility index (Phi) is 6.57. The summed E-state index contributed by atoms with van der Waals surface area (Å²) < 4.78 is 34.7. The van der Waals surface area contributed by atoms with E-state index in [1.54, 1.807) is 48.4 Å². The standard InChI is InChI=1S/C28H22ClF2N3O2/c1-2-36-28(35)20-6-3-4-9-24(20)33-26-15-21-17(16-32-26)12-13-34(25-14-18(29)10-11-19(21)25)27-22(30)7-5-8-23(27)31/h3-11,14-16H,2,12-13H2,1H3,(H,32,33). The van der Waals surface area contributed by atoms with E-state index in [0.717, 1.165) is 16.7 Å². The van der Waals surface area contributed by atoms with Gasteiger partial charge in [0.25, 0.3) is 0 Å². The second kappa shape index (κ2) is 9.95. The van der Waals surface area contributed by atoms with Crippen molar-refractivity contribution >= 4 is 40.5 Å². The Morgan fingerprint density at radius 3 is 2.61 bits per heavy atom. The zero-order valence-corrected chi connectivity index (χ0v) is 20.2. The van der Waals surface area contributed by atoms with E-state index in [2.05, 4.69) is 10.3 Å². The predicted molar refractivity (Wildman–Crippen MR) is 137 cm³/mol. The van der Waals surface area contributed by atoms with Crippen LogP contribution >= 0.6 is 11.6 Å². The molecule has 0 radical (unpaired) electrons. The van der Waals surface area contributed by atoms with Crippen molar-refractivity contribution in [3.63, 3.8) is 0 Å². The fraction of sp³-hybridized carbons (Fsp3) is 0.143. The van der Waals surface area contributed by atoms with Crippen molar-refractivity contribution in [2.75, 3.05) is 23.4 Å². The number of aromatic nitrogens is 1. The lowest BCUT2D eigenvalue weighted by Crippen LogP contribution is -2.21. The number of fused-ring (bicyclic) bond motifs is 3. The molecular formula is C28H22ClF2N3O2. The van der Waals surface area contributed by atoms with Crippen LogP contribution in [-0.4, -0.2) is 24.1 Å². The first-order valence-corrected chi connectivity index (χ1v) is 11.9. The zero-order valence-electron chi connectivity index (χ0n) is 19.4. The van der Waals surface area contributed by atoms with Crippen LogP contribution in [0.15, 0.2) is 72.9 Å². The minimum atomic E-state index is -0.650. The van der Waals surface area contributed by atoms with Crippen molar-refractivity contribution in [2.45, 2.75) is 13.3 Å². The van der Waals surface area contributed by atoms with Gasteiger partial charge in [-0.1, -0.05) is 35.9 Å². The fourth-order valence-corrected chi connectivity index (χ4v) is 4.57. The van der Waals surface area contributed by atoms with Gasteiger partial charge in [-0.2, -0.15) is 0 Å². The van der Waals surface area contributed by atoms with Gasteiger partial charge in [-0.05, 0) is 66.9 Å². The number of hydrogen-bond acceptors (Lipinski definition) is 5. The Balaban J connectivity index is 1.59. The van der Waals surface area contributed by atoms with Gasteiger partial charge in [0.2, 0.25) is 0 Å². The van der Waals surface area contributed by atoms with Crippen molar-refractivity contribution in [1.82, 2.24) is 4.98 Å². The van der Waals surface area contributed by atoms with E-state index in [0.29, 0.717) is 40.7 Å². The third kappa shape index (κ3) is 4.50. The third-order valence-corrected chi connectivity index (χ3v) is 6.26. The summed E-state index contributed by atoms with van der Waals surface area (Å²) in [5.74, 6) is -1.22. The molecule has 0 spiro atoms. The summed E-state index contributed by atoms with van der Waals surface area (Å²) >= 11 is 6.32. The van der Waals surface area contributed by atoms with Crippen LogP contribution in [0.1, 0.15) is 22.8 Å². The highest BCUT2D eigenvalue weighted by molar-refractivity contribution is 6.31. The van der Waals surface area contributed by atoms with Gasteiger partial charge in [-0.15, -0.1) is 0 Å². The molecule has 2 heterocycles. The maximum absolute atomic E-state index is 14.8. The molecule has 3 aromatic carbocycles. The lowest BCUT2D eigenvalue weighted by molar-refractivity contribution is 0.0527. The first-order valence-electron chi connectivity index (χ1n) is 11.5. The number of nitrogens with one attached hydrogen (secondary N) is 1. The van der Waals surface area contributed by atoms with E-state index in [9.17, 15) is 13.6 Å². The van der Waals surface area contributed by atoms with E-state index in [1.165, 1.54) is 18.2 Å². The van der Waals surface area contributed by atoms with Crippen molar-refractivity contribution in [3.05, 3.63) is 101 Å². The third-order valence-electron chi connectivity index (χ3n) is 6.02. The molecule has 0 unspecified atom stereocenters. The highest BCUT2D eigenvalue weighted by Crippen LogP contribution is 2.43. The number of benzene rings is 3. The molecule has 0 amide bonds. The number of halogens is 3. The number of pyridine rings is 1. The van der Waals surface area contributed by atoms with Gasteiger partial charge in [-0.3, -0.25) is 0 Å². The Bertz CT molecular complexity index is 1440. The molecule has 1 N–H and O–H groups in total. The molecule has 182 valence electrons. The van der Waals surface area contributed by atoms with Crippen LogP contribution in [0.4, 0.5) is 31.7 Å². The monoisotopic (exact) mass is 505 g/mol. The molecule has 0 bridgehead atoms. The van der Waals surface area contributed by atoms with Crippen LogP contribution in [0.25, 0.3) is 11.1 Å². The summed E-state index contributed by atoms with van der Waals surface area (Å²) in [5, 5.41) is 3.67. The van der Waals surface area contributed by atoms with Crippen LogP contribution in [0.2, 0.25) is 5.02 Å². The van der Waals surface area contributed by atoms with E-state index in [1.807, 2.05) is 18.2 Å². The number of carbonyl (C=O) groups excluding carboxylic acids is 1. The second-order valence-electron chi connectivity index (χ2n) is 8.25. The van der Waals surface area contributed by atoms with Gasteiger partial charge in [0.1, 0.15) is 23.1 Å². The number of para-hydroxylation sites is 2. The average molecular weight is 506 g/mol. The quantitative estimate of drug-likeness (QED) is 0.288. The highest BCUT2D eigenvalue weighted by atomic mass is 35.5. The Labute approximate surface area is 212 Å². The summed E-state index contributed by atoms with van der Waals surface area (Å²) in [7, 11) is 0. The molecule has 0 atom stereocenters. The molecule has 5 nitrogen and oxygen atoms in total. The molecule has 5 rings (SSSR count). The number of carbonyl (C=O) groups is 1. The molecule has 0 saturated carbocycles. The SMILES string of the molecule is CCOC(=O)c1ccccc1Nc1cc2c(cn1)CCN(c1c(F)cccc1F)c1cc(Cl)ccc1-2. The highest BCUT2D eigenvalue weighted by Gasteiger charge is 2.26. The minimum Gasteiger partial charge on any atom is -0.462 e. The molecule has 0 fully saturated rings. The summed E-state index contributed by atoms with van der Waals surface area (Å²) in [5.41, 5.74) is 3.96. The smallest absolute Gasteiger partial charge is 0.340 e. The van der Waals surface area contributed by atoms with Gasteiger partial charge in [0.15, 0.2) is 0 Å². The van der Waals surface area contributed by atoms with E-state index in [4.69, 9.17) is 16.3 Å². The maximum Gasteiger partial charge on any atom is 0.340 e. The van der Waals surface area contributed by atoms with Crippen LogP contribution < -0.4 is 10.2 Å². The van der Waals surface area contributed by atoms with Crippen molar-refractivity contribution in [1.29, 1.82) is 0 Å². The normalized spacial score (nSPS) is 12.4. The largest absolute Gasteiger partial charge is 0.462 e. The molecule has 1 aliphatic rings. The lowest BCUT2D eigenvalue weighted by Gasteiger charge is -2.26. The van der Waals surface area contributed by atoms with E-state index in [-0.39, 0.29) is 12.3 Å². The average Bonchev–Trinajstić information content (AvgIpc) is 3.01. The van der Waals surface area contributed by atoms with Gasteiger partial charge >= 0.3 is 5.97 Å². The lowest BCUT2D eigenvalue weighted by atomic mass is 9.99. The maximum atomic E-state index is 14.8.